The van der Waals surface area contributed by atoms with Gasteiger partial charge in [0.1, 0.15) is 11.5 Å². The molecule has 0 spiro atoms. The van der Waals surface area contributed by atoms with Gasteiger partial charge in [0.05, 0.1) is 12.8 Å². The number of rotatable bonds is 3. The van der Waals surface area contributed by atoms with E-state index in [0.717, 1.165) is 6.07 Å². The van der Waals surface area contributed by atoms with Crippen LogP contribution in [-0.2, 0) is 0 Å². The number of hydrogen-bond acceptors (Lipinski definition) is 3. The summed E-state index contributed by atoms with van der Waals surface area (Å²) >= 11 is 0. The van der Waals surface area contributed by atoms with Gasteiger partial charge in [-0.05, 0) is 17.7 Å². The number of nitrogens with one attached hydrogen (secondary N) is 1. The van der Waals surface area contributed by atoms with Crippen LogP contribution in [0.1, 0.15) is 12.1 Å². The van der Waals surface area contributed by atoms with Gasteiger partial charge in [-0.1, -0.05) is 12.1 Å². The Hall–Kier alpha value is -2.37. The number of hydrogen-bond donors (Lipinski definition) is 2. The number of alkyl halides is 2. The van der Waals surface area contributed by atoms with Gasteiger partial charge in [0.2, 0.25) is 0 Å². The zero-order valence-electron chi connectivity index (χ0n) is 9.98. The molecule has 1 aromatic heterocycles. The van der Waals surface area contributed by atoms with Gasteiger partial charge in [0.25, 0.3) is 12.0 Å². The fourth-order valence-corrected chi connectivity index (χ4v) is 1.79. The molecule has 0 aliphatic rings. The summed E-state index contributed by atoms with van der Waals surface area (Å²) in [5.41, 5.74) is -1.10. The first-order chi connectivity index (χ1) is 9.02. The van der Waals surface area contributed by atoms with Crippen molar-refractivity contribution in [2.24, 2.45) is 0 Å². The predicted octanol–water partition coefficient (Wildman–Crippen LogP) is 2.69. The van der Waals surface area contributed by atoms with Crippen molar-refractivity contribution < 1.29 is 18.6 Å². The van der Waals surface area contributed by atoms with Gasteiger partial charge in [-0.15, -0.1) is 0 Å². The summed E-state index contributed by atoms with van der Waals surface area (Å²) in [6, 6.07) is 7.08. The number of methoxy groups -OCH3 is 1. The van der Waals surface area contributed by atoms with E-state index in [-0.39, 0.29) is 5.56 Å². The van der Waals surface area contributed by atoms with Gasteiger partial charge in [0, 0.05) is 11.6 Å². The average molecular weight is 267 g/mol. The molecule has 0 bridgehead atoms. The lowest BCUT2D eigenvalue weighted by molar-refractivity contribution is 0.146. The van der Waals surface area contributed by atoms with Crippen LogP contribution in [0.3, 0.4) is 0 Å². The quantitative estimate of drug-likeness (QED) is 0.898. The van der Waals surface area contributed by atoms with E-state index in [0.29, 0.717) is 11.3 Å². The largest absolute Gasteiger partial charge is 0.507 e. The van der Waals surface area contributed by atoms with E-state index < -0.39 is 23.4 Å². The van der Waals surface area contributed by atoms with Crippen LogP contribution in [0.15, 0.2) is 35.1 Å². The normalized spacial score (nSPS) is 10.7. The molecule has 6 heteroatoms. The molecule has 0 aliphatic heterocycles. The molecule has 2 N–H and O–H groups in total. The molecule has 0 radical (unpaired) electrons. The van der Waals surface area contributed by atoms with Crippen molar-refractivity contribution in [3.63, 3.8) is 0 Å². The standard InChI is InChI=1S/C13H11F2NO3/c1-19-8-4-2-7(3-5-8)11-9(17)6-10(18)16-12(11)13(14)15/h2-6,13H,1H3,(H2,16,17,18). The minimum Gasteiger partial charge on any atom is -0.507 e. The first-order valence-corrected chi connectivity index (χ1v) is 5.41. The van der Waals surface area contributed by atoms with E-state index in [2.05, 4.69) is 0 Å². The SMILES string of the molecule is COc1ccc(-c2c(O)cc(=O)[nH]c2C(F)F)cc1. The van der Waals surface area contributed by atoms with Crippen molar-refractivity contribution in [1.29, 1.82) is 0 Å². The van der Waals surface area contributed by atoms with E-state index in [4.69, 9.17) is 4.74 Å². The molecule has 0 aliphatic carbocycles. The zero-order valence-corrected chi connectivity index (χ0v) is 9.98. The molecule has 100 valence electrons. The minimum atomic E-state index is -2.89. The van der Waals surface area contributed by atoms with Crippen molar-refractivity contribution in [3.05, 3.63) is 46.4 Å². The Morgan fingerprint density at radius 1 is 1.26 bits per heavy atom. The lowest BCUT2D eigenvalue weighted by Gasteiger charge is -2.11. The van der Waals surface area contributed by atoms with E-state index in [1.54, 1.807) is 12.1 Å². The predicted molar refractivity (Wildman–Crippen MR) is 65.7 cm³/mol. The second kappa shape index (κ2) is 5.09. The van der Waals surface area contributed by atoms with Crippen LogP contribution in [0, 0.1) is 0 Å². The fraction of sp³-hybridized carbons (Fsp3) is 0.154. The smallest absolute Gasteiger partial charge is 0.279 e. The van der Waals surface area contributed by atoms with Crippen LogP contribution in [0.5, 0.6) is 11.5 Å². The van der Waals surface area contributed by atoms with Crippen LogP contribution < -0.4 is 10.3 Å². The summed E-state index contributed by atoms with van der Waals surface area (Å²) in [5.74, 6) is 0.0791. The molecule has 2 aromatic rings. The Morgan fingerprint density at radius 3 is 2.42 bits per heavy atom. The Balaban J connectivity index is 2.62. The molecule has 1 aromatic carbocycles. The Kier molecular flexibility index (Phi) is 3.50. The average Bonchev–Trinajstić information content (AvgIpc) is 2.38. The van der Waals surface area contributed by atoms with Crippen LogP contribution in [0.4, 0.5) is 8.78 Å². The maximum atomic E-state index is 12.9. The molecule has 1 heterocycles. The molecule has 2 rings (SSSR count). The number of aromatic hydroxyl groups is 1. The van der Waals surface area contributed by atoms with Crippen LogP contribution in [0.2, 0.25) is 0 Å². The summed E-state index contributed by atoms with van der Waals surface area (Å²) in [6.07, 6.45) is -2.89. The second-order valence-electron chi connectivity index (χ2n) is 3.84. The number of aromatic amines is 1. The molecular weight excluding hydrogens is 256 g/mol. The Morgan fingerprint density at radius 2 is 1.89 bits per heavy atom. The zero-order chi connectivity index (χ0) is 14.0. The third kappa shape index (κ3) is 2.57. The van der Waals surface area contributed by atoms with Crippen molar-refractivity contribution in [2.45, 2.75) is 6.43 Å². The number of halogens is 2. The van der Waals surface area contributed by atoms with E-state index >= 15 is 0 Å². The number of H-pyrrole nitrogens is 1. The summed E-state index contributed by atoms with van der Waals surface area (Å²) in [6.45, 7) is 0. The van der Waals surface area contributed by atoms with E-state index in [1.165, 1.54) is 19.2 Å². The van der Waals surface area contributed by atoms with Gasteiger partial charge in [-0.2, -0.15) is 0 Å². The van der Waals surface area contributed by atoms with Crippen molar-refractivity contribution in [2.75, 3.05) is 7.11 Å². The molecule has 4 nitrogen and oxygen atoms in total. The monoisotopic (exact) mass is 267 g/mol. The highest BCUT2D eigenvalue weighted by Crippen LogP contribution is 2.35. The molecule has 0 saturated carbocycles. The van der Waals surface area contributed by atoms with Gasteiger partial charge in [-0.3, -0.25) is 4.79 Å². The van der Waals surface area contributed by atoms with Gasteiger partial charge in [0.15, 0.2) is 0 Å². The molecule has 19 heavy (non-hydrogen) atoms. The lowest BCUT2D eigenvalue weighted by atomic mass is 10.0. The Bertz CT molecular complexity index is 635. The van der Waals surface area contributed by atoms with E-state index in [1.807, 2.05) is 4.98 Å². The van der Waals surface area contributed by atoms with Gasteiger partial charge < -0.3 is 14.8 Å². The molecule has 0 saturated heterocycles. The third-order valence-corrected chi connectivity index (χ3v) is 2.65. The molecule has 0 fully saturated rings. The van der Waals surface area contributed by atoms with Gasteiger partial charge in [-0.25, -0.2) is 8.78 Å². The summed E-state index contributed by atoms with van der Waals surface area (Å²) in [5, 5.41) is 9.72. The number of aromatic nitrogens is 1. The lowest BCUT2D eigenvalue weighted by Crippen LogP contribution is -2.09. The summed E-state index contributed by atoms with van der Waals surface area (Å²) in [4.78, 5) is 13.2. The molecule has 0 atom stereocenters. The van der Waals surface area contributed by atoms with Crippen molar-refractivity contribution in [3.8, 4) is 22.6 Å². The van der Waals surface area contributed by atoms with Crippen molar-refractivity contribution >= 4 is 0 Å². The number of benzene rings is 1. The maximum absolute atomic E-state index is 12.9. The third-order valence-electron chi connectivity index (χ3n) is 2.65. The van der Waals surface area contributed by atoms with E-state index in [9.17, 15) is 18.7 Å². The highest BCUT2D eigenvalue weighted by atomic mass is 19.3. The van der Waals surface area contributed by atoms with Gasteiger partial charge >= 0.3 is 0 Å². The van der Waals surface area contributed by atoms with Crippen molar-refractivity contribution in [1.82, 2.24) is 4.98 Å². The molecular formula is C13H11F2NO3. The maximum Gasteiger partial charge on any atom is 0.279 e. The first-order valence-electron chi connectivity index (χ1n) is 5.41. The van der Waals surface area contributed by atoms with Crippen LogP contribution >= 0.6 is 0 Å². The fourth-order valence-electron chi connectivity index (χ4n) is 1.79. The van der Waals surface area contributed by atoms with Crippen LogP contribution in [-0.4, -0.2) is 17.2 Å². The minimum absolute atomic E-state index is 0.0859. The molecule has 0 unspecified atom stereocenters. The highest BCUT2D eigenvalue weighted by molar-refractivity contribution is 5.72. The topological polar surface area (TPSA) is 62.3 Å². The molecule has 0 amide bonds. The number of pyridine rings is 1. The summed E-state index contributed by atoms with van der Waals surface area (Å²) < 4.78 is 30.8. The van der Waals surface area contributed by atoms with Crippen LogP contribution in [0.25, 0.3) is 11.1 Å². The Labute approximate surface area is 107 Å². The number of ether oxygens (including phenoxy) is 1. The summed E-state index contributed by atoms with van der Waals surface area (Å²) in [7, 11) is 1.48. The highest BCUT2D eigenvalue weighted by Gasteiger charge is 2.19. The second-order valence-corrected chi connectivity index (χ2v) is 3.84. The first kappa shape index (κ1) is 13.1.